The minimum atomic E-state index is -4.71. The van der Waals surface area contributed by atoms with E-state index in [1.165, 1.54) is 63.6 Å². The second-order valence-electron chi connectivity index (χ2n) is 6.56. The van der Waals surface area contributed by atoms with Crippen LogP contribution in [0.3, 0.4) is 0 Å². The zero-order valence-corrected chi connectivity index (χ0v) is 21.6. The van der Waals surface area contributed by atoms with Crippen LogP contribution in [-0.4, -0.2) is 50.2 Å². The molecule has 35 heavy (non-hydrogen) atoms. The molecule has 2 aromatic carbocycles. The molecule has 186 valence electrons. The normalized spacial score (nSPS) is 10.7. The molecule has 0 saturated carbocycles. The van der Waals surface area contributed by atoms with E-state index in [2.05, 4.69) is 12.9 Å². The number of hydrogen-bond acceptors (Lipinski definition) is 11. The lowest BCUT2D eigenvalue weighted by atomic mass is 10.1. The van der Waals surface area contributed by atoms with Gasteiger partial charge < -0.3 is 23.1 Å². The Morgan fingerprint density at radius 1 is 0.829 bits per heavy atom. The Labute approximate surface area is 210 Å². The number of methoxy groups -OCH3 is 4. The van der Waals surface area contributed by atoms with E-state index in [9.17, 15) is 8.42 Å². The minimum absolute atomic E-state index is 0.149. The highest BCUT2D eigenvalue weighted by Gasteiger charge is 2.18. The quantitative estimate of drug-likeness (QED) is 0.312. The van der Waals surface area contributed by atoms with E-state index in [-0.39, 0.29) is 11.5 Å². The lowest BCUT2D eigenvalue weighted by molar-refractivity contribution is 0.324. The van der Waals surface area contributed by atoms with Gasteiger partial charge in [0.25, 0.3) is 0 Å². The molecule has 0 bridgehead atoms. The van der Waals surface area contributed by atoms with Crippen molar-refractivity contribution in [3.8, 4) is 50.4 Å². The number of benzene rings is 2. The first-order chi connectivity index (χ1) is 16.8. The Bertz CT molecular complexity index is 1310. The molecule has 13 heteroatoms. The summed E-state index contributed by atoms with van der Waals surface area (Å²) in [6, 6.07) is 12.0. The second kappa shape index (κ2) is 11.8. The monoisotopic (exact) mass is 538 g/mol. The zero-order chi connectivity index (χ0) is 25.4. The van der Waals surface area contributed by atoms with Crippen LogP contribution in [-0.2, 0) is 10.4 Å². The number of ether oxygens (including phenoxy) is 4. The third-order valence-corrected chi connectivity index (χ3v) is 6.21. The van der Waals surface area contributed by atoms with Gasteiger partial charge in [-0.05, 0) is 65.5 Å². The first kappa shape index (κ1) is 26.2. The Morgan fingerprint density at radius 3 is 1.97 bits per heavy atom. The average Bonchev–Trinajstić information content (AvgIpc) is 3.57. The Hall–Kier alpha value is -3.39. The zero-order valence-electron chi connectivity index (χ0n) is 19.1. The van der Waals surface area contributed by atoms with Gasteiger partial charge in [0.2, 0.25) is 5.75 Å². The summed E-state index contributed by atoms with van der Waals surface area (Å²) in [7, 11) is 1.25. The molecule has 10 nitrogen and oxygen atoms in total. The van der Waals surface area contributed by atoms with Crippen LogP contribution in [0.25, 0.3) is 21.7 Å². The predicted molar refractivity (Wildman–Crippen MR) is 133 cm³/mol. The topological polar surface area (TPSA) is 126 Å². The van der Waals surface area contributed by atoms with Crippen LogP contribution in [0.15, 0.2) is 54.0 Å². The van der Waals surface area contributed by atoms with Crippen molar-refractivity contribution in [1.82, 2.24) is 8.75 Å². The van der Waals surface area contributed by atoms with Crippen LogP contribution >= 0.6 is 23.1 Å². The molecule has 0 aliphatic rings. The summed E-state index contributed by atoms with van der Waals surface area (Å²) in [6.07, 6.45) is 1.77. The standard InChI is InChI=1S/C19H19NO8S2.C3H3NS/c1-24-14-6-5-11(7-15(14)28-30(21,22)23)13-10-18(29-20-13)12-8-16(25-2)19(27-4)17(9-12)26-3;1-2-4-5-3-1/h5-10H,1-4H3,(H,21,22,23);1-3H. The number of aromatic nitrogens is 2. The Morgan fingerprint density at radius 2 is 1.49 bits per heavy atom. The van der Waals surface area contributed by atoms with Gasteiger partial charge in [0, 0.05) is 22.7 Å². The van der Waals surface area contributed by atoms with E-state index in [0.717, 1.165) is 10.4 Å². The van der Waals surface area contributed by atoms with Gasteiger partial charge in [0.1, 0.15) is 0 Å². The van der Waals surface area contributed by atoms with Gasteiger partial charge in [-0.15, -0.1) is 0 Å². The highest BCUT2D eigenvalue weighted by Crippen LogP contribution is 2.43. The molecule has 2 heterocycles. The fourth-order valence-corrected chi connectivity index (χ4v) is 4.41. The summed E-state index contributed by atoms with van der Waals surface area (Å²) in [5.74, 6) is 1.50. The fourth-order valence-electron chi connectivity index (χ4n) is 2.96. The van der Waals surface area contributed by atoms with Crippen LogP contribution in [0.1, 0.15) is 0 Å². The molecule has 4 rings (SSSR count). The molecule has 0 aliphatic heterocycles. The van der Waals surface area contributed by atoms with E-state index < -0.39 is 10.4 Å². The number of hydrogen-bond donors (Lipinski definition) is 1. The third-order valence-electron chi connectivity index (χ3n) is 4.46. The molecule has 4 aromatic rings. The minimum Gasteiger partial charge on any atom is -0.493 e. The summed E-state index contributed by atoms with van der Waals surface area (Å²) >= 11 is 2.70. The van der Waals surface area contributed by atoms with Crippen molar-refractivity contribution in [2.75, 3.05) is 28.4 Å². The molecule has 0 spiro atoms. The van der Waals surface area contributed by atoms with Crippen molar-refractivity contribution in [3.05, 3.63) is 54.0 Å². The van der Waals surface area contributed by atoms with Crippen LogP contribution in [0, 0.1) is 0 Å². The van der Waals surface area contributed by atoms with Gasteiger partial charge in [-0.2, -0.15) is 12.8 Å². The van der Waals surface area contributed by atoms with E-state index >= 15 is 0 Å². The summed E-state index contributed by atoms with van der Waals surface area (Å²) in [5.41, 5.74) is 1.95. The van der Waals surface area contributed by atoms with Gasteiger partial charge in [0.15, 0.2) is 23.0 Å². The average molecular weight is 539 g/mol. The first-order valence-electron chi connectivity index (χ1n) is 9.76. The molecule has 0 atom stereocenters. The maximum absolute atomic E-state index is 11.1. The maximum Gasteiger partial charge on any atom is 0.446 e. The molecule has 0 aliphatic carbocycles. The predicted octanol–water partition coefficient (Wildman–Crippen LogP) is 4.84. The van der Waals surface area contributed by atoms with Crippen molar-refractivity contribution < 1.29 is 36.1 Å². The largest absolute Gasteiger partial charge is 0.493 e. The summed E-state index contributed by atoms with van der Waals surface area (Å²) in [5, 5.41) is 1.93. The molecule has 0 unspecified atom stereocenters. The summed E-state index contributed by atoms with van der Waals surface area (Å²) in [4.78, 5) is 0.817. The SMILES string of the molecule is COc1ccc(-c2cc(-c3cc(OC)c(OC)c(OC)c3)sn2)cc1OS(=O)(=O)O.c1cnsc1. The van der Waals surface area contributed by atoms with E-state index in [1.54, 1.807) is 24.4 Å². The van der Waals surface area contributed by atoms with Gasteiger partial charge in [-0.1, -0.05) is 0 Å². The summed E-state index contributed by atoms with van der Waals surface area (Å²) in [6.45, 7) is 0. The van der Waals surface area contributed by atoms with Gasteiger partial charge in [-0.3, -0.25) is 4.55 Å². The van der Waals surface area contributed by atoms with E-state index in [4.69, 9.17) is 23.5 Å². The molecule has 2 aromatic heterocycles. The van der Waals surface area contributed by atoms with Crippen molar-refractivity contribution in [2.24, 2.45) is 0 Å². The number of rotatable bonds is 8. The van der Waals surface area contributed by atoms with Crippen LogP contribution in [0.2, 0.25) is 0 Å². The van der Waals surface area contributed by atoms with Crippen molar-refractivity contribution in [3.63, 3.8) is 0 Å². The van der Waals surface area contributed by atoms with Crippen molar-refractivity contribution in [2.45, 2.75) is 0 Å². The smallest absolute Gasteiger partial charge is 0.446 e. The van der Waals surface area contributed by atoms with Gasteiger partial charge in [-0.25, -0.2) is 4.37 Å². The fraction of sp³-hybridized carbons (Fsp3) is 0.182. The Balaban J connectivity index is 0.000000607. The highest BCUT2D eigenvalue weighted by molar-refractivity contribution is 7.81. The van der Waals surface area contributed by atoms with Gasteiger partial charge >= 0.3 is 10.4 Å². The maximum atomic E-state index is 11.1. The lowest BCUT2D eigenvalue weighted by Crippen LogP contribution is -2.07. The molecule has 0 fully saturated rings. The number of nitrogens with zero attached hydrogens (tertiary/aromatic N) is 2. The molecular formula is C22H22N2O8S3. The van der Waals surface area contributed by atoms with Crippen molar-refractivity contribution in [1.29, 1.82) is 0 Å². The molecule has 0 amide bonds. The van der Waals surface area contributed by atoms with Crippen LogP contribution < -0.4 is 23.1 Å². The van der Waals surface area contributed by atoms with Crippen LogP contribution in [0.4, 0.5) is 0 Å². The van der Waals surface area contributed by atoms with E-state index in [0.29, 0.717) is 28.5 Å². The molecule has 0 radical (unpaired) electrons. The second-order valence-corrected chi connectivity index (χ2v) is 9.08. The van der Waals surface area contributed by atoms with Gasteiger partial charge in [0.05, 0.1) is 39.0 Å². The third kappa shape index (κ3) is 6.82. The molecular weight excluding hydrogens is 516 g/mol. The lowest BCUT2D eigenvalue weighted by Gasteiger charge is -2.13. The molecule has 0 saturated heterocycles. The van der Waals surface area contributed by atoms with Crippen LogP contribution in [0.5, 0.6) is 28.7 Å². The highest BCUT2D eigenvalue weighted by atomic mass is 32.3. The van der Waals surface area contributed by atoms with E-state index in [1.807, 2.05) is 17.5 Å². The van der Waals surface area contributed by atoms with Crippen molar-refractivity contribution >= 4 is 33.5 Å². The first-order valence-corrected chi connectivity index (χ1v) is 12.7. The Kier molecular flexibility index (Phi) is 8.87. The molecule has 1 N–H and O–H groups in total. The summed E-state index contributed by atoms with van der Waals surface area (Å²) < 4.78 is 65.2.